The summed E-state index contributed by atoms with van der Waals surface area (Å²) in [5.74, 6) is -0.454. The fourth-order valence-electron chi connectivity index (χ4n) is 2.98. The molecule has 0 bridgehead atoms. The fourth-order valence-corrected chi connectivity index (χ4v) is 3.17. The molecule has 29 heavy (non-hydrogen) atoms. The fraction of sp³-hybridized carbons (Fsp3) is 0.174. The number of nitrogens with zero attached hydrogens (tertiary/aromatic N) is 3. The van der Waals surface area contributed by atoms with Crippen molar-refractivity contribution in [3.8, 4) is 6.07 Å². The Labute approximate surface area is 174 Å². The van der Waals surface area contributed by atoms with Crippen LogP contribution in [0.15, 0.2) is 54.6 Å². The molecule has 0 atom stereocenters. The lowest BCUT2D eigenvalue weighted by Crippen LogP contribution is -2.04. The highest BCUT2D eigenvalue weighted by atomic mass is 35.5. The summed E-state index contributed by atoms with van der Waals surface area (Å²) < 4.78 is 7.14. The molecule has 0 unspecified atom stereocenters. The maximum atomic E-state index is 12.1. The van der Waals surface area contributed by atoms with Crippen LogP contribution in [0, 0.1) is 25.2 Å². The average molecular weight is 406 g/mol. The Kier molecular flexibility index (Phi) is 6.48. The first-order chi connectivity index (χ1) is 14.0. The molecule has 0 aliphatic carbocycles. The van der Waals surface area contributed by atoms with Crippen molar-refractivity contribution in [2.75, 3.05) is 0 Å². The van der Waals surface area contributed by atoms with Crippen LogP contribution >= 0.6 is 11.6 Å². The predicted molar refractivity (Wildman–Crippen MR) is 112 cm³/mol. The van der Waals surface area contributed by atoms with E-state index in [1.54, 1.807) is 24.3 Å². The molecule has 2 aromatic carbocycles. The lowest BCUT2D eigenvalue weighted by molar-refractivity contribution is -0.138. The normalized spacial score (nSPS) is 10.8. The number of aryl methyl sites for hydroxylation is 1. The molecule has 146 valence electrons. The number of hydrogen-bond donors (Lipinski definition) is 0. The maximum absolute atomic E-state index is 12.1. The van der Waals surface area contributed by atoms with Crippen LogP contribution < -0.4 is 0 Å². The molecular formula is C23H20ClN3O2. The van der Waals surface area contributed by atoms with E-state index in [4.69, 9.17) is 21.6 Å². The molecule has 0 spiro atoms. The highest BCUT2D eigenvalue weighted by Crippen LogP contribution is 2.20. The van der Waals surface area contributed by atoms with Crippen LogP contribution in [0.4, 0.5) is 0 Å². The average Bonchev–Trinajstić information content (AvgIpc) is 2.99. The minimum absolute atomic E-state index is 0.114. The second-order valence-corrected chi connectivity index (χ2v) is 6.99. The molecule has 1 aromatic heterocycles. The summed E-state index contributed by atoms with van der Waals surface area (Å²) in [5, 5.41) is 14.2. The Morgan fingerprint density at radius 1 is 1.24 bits per heavy atom. The van der Waals surface area contributed by atoms with E-state index >= 15 is 0 Å². The number of carbonyl (C=O) groups excluding carboxylic acids is 1. The van der Waals surface area contributed by atoms with E-state index in [9.17, 15) is 4.79 Å². The molecule has 0 N–H and O–H groups in total. The van der Waals surface area contributed by atoms with Crippen molar-refractivity contribution in [3.05, 3.63) is 93.3 Å². The van der Waals surface area contributed by atoms with Gasteiger partial charge in [-0.15, -0.1) is 0 Å². The third-order valence-corrected chi connectivity index (χ3v) is 4.91. The number of nitriles is 1. The van der Waals surface area contributed by atoms with Crippen LogP contribution in [0.5, 0.6) is 0 Å². The lowest BCUT2D eigenvalue weighted by Gasteiger charge is -2.06. The summed E-state index contributed by atoms with van der Waals surface area (Å²) in [7, 11) is 0. The van der Waals surface area contributed by atoms with Crippen molar-refractivity contribution in [3.63, 3.8) is 0 Å². The topological polar surface area (TPSA) is 67.9 Å². The largest absolute Gasteiger partial charge is 0.458 e. The van der Waals surface area contributed by atoms with E-state index in [0.717, 1.165) is 28.1 Å². The van der Waals surface area contributed by atoms with Crippen molar-refractivity contribution < 1.29 is 9.53 Å². The van der Waals surface area contributed by atoms with Gasteiger partial charge in [0.05, 0.1) is 23.9 Å². The molecule has 1 heterocycles. The molecule has 0 fully saturated rings. The summed E-state index contributed by atoms with van der Waals surface area (Å²) in [6, 6.07) is 16.7. The third-order valence-electron chi connectivity index (χ3n) is 4.54. The zero-order chi connectivity index (χ0) is 20.8. The molecule has 0 saturated carbocycles. The third kappa shape index (κ3) is 5.13. The summed E-state index contributed by atoms with van der Waals surface area (Å²) in [4.78, 5) is 12.1. The van der Waals surface area contributed by atoms with Crippen LogP contribution in [-0.2, 0) is 22.7 Å². The predicted octanol–water partition coefficient (Wildman–Crippen LogP) is 4.83. The Hall–Kier alpha value is -3.36. The van der Waals surface area contributed by atoms with Gasteiger partial charge in [0.2, 0.25) is 0 Å². The Balaban J connectivity index is 1.67. The molecular weight excluding hydrogens is 386 g/mol. The van der Waals surface area contributed by atoms with Crippen LogP contribution in [0.3, 0.4) is 0 Å². The second kappa shape index (κ2) is 9.22. The van der Waals surface area contributed by atoms with Crippen molar-refractivity contribution in [2.24, 2.45) is 0 Å². The van der Waals surface area contributed by atoms with Gasteiger partial charge in [-0.25, -0.2) is 4.79 Å². The standard InChI is InChI=1S/C23H20ClN3O2/c1-16-21(17(2)27(26-16)14-20-8-3-4-9-22(20)24)10-11-23(28)29-15-19-7-5-6-18(12-19)13-25/h3-12H,14-15H2,1-2H3/b11-10+. The van der Waals surface area contributed by atoms with Crippen LogP contribution in [0.2, 0.25) is 5.02 Å². The number of rotatable bonds is 6. The van der Waals surface area contributed by atoms with E-state index in [1.807, 2.05) is 48.9 Å². The van der Waals surface area contributed by atoms with E-state index < -0.39 is 5.97 Å². The monoisotopic (exact) mass is 405 g/mol. The minimum Gasteiger partial charge on any atom is -0.458 e. The number of esters is 1. The van der Waals surface area contributed by atoms with Gasteiger partial charge >= 0.3 is 5.97 Å². The van der Waals surface area contributed by atoms with Gasteiger partial charge in [0.25, 0.3) is 0 Å². The highest BCUT2D eigenvalue weighted by Gasteiger charge is 2.11. The van der Waals surface area contributed by atoms with Gasteiger partial charge in [-0.1, -0.05) is 41.9 Å². The summed E-state index contributed by atoms with van der Waals surface area (Å²) in [5.41, 5.74) is 4.92. The van der Waals surface area contributed by atoms with Crippen molar-refractivity contribution >= 4 is 23.6 Å². The summed E-state index contributed by atoms with van der Waals surface area (Å²) in [6.07, 6.45) is 3.11. The lowest BCUT2D eigenvalue weighted by atomic mass is 10.1. The highest BCUT2D eigenvalue weighted by molar-refractivity contribution is 6.31. The van der Waals surface area contributed by atoms with Crippen LogP contribution in [-0.4, -0.2) is 15.7 Å². The molecule has 5 nitrogen and oxygen atoms in total. The molecule has 3 aromatic rings. The number of aromatic nitrogens is 2. The van der Waals surface area contributed by atoms with E-state index in [2.05, 4.69) is 11.2 Å². The molecule has 6 heteroatoms. The Bertz CT molecular complexity index is 1110. The molecule has 3 rings (SSSR count). The Morgan fingerprint density at radius 3 is 2.79 bits per heavy atom. The maximum Gasteiger partial charge on any atom is 0.331 e. The number of halogens is 1. The van der Waals surface area contributed by atoms with Crippen molar-refractivity contribution in [1.29, 1.82) is 5.26 Å². The van der Waals surface area contributed by atoms with Crippen LogP contribution in [0.1, 0.15) is 33.6 Å². The van der Waals surface area contributed by atoms with Gasteiger partial charge in [-0.3, -0.25) is 4.68 Å². The zero-order valence-electron chi connectivity index (χ0n) is 16.2. The van der Waals surface area contributed by atoms with E-state index in [1.165, 1.54) is 6.08 Å². The summed E-state index contributed by atoms with van der Waals surface area (Å²) >= 11 is 6.25. The van der Waals surface area contributed by atoms with Gasteiger partial charge in [-0.2, -0.15) is 10.4 Å². The van der Waals surface area contributed by atoms with Gasteiger partial charge in [0.1, 0.15) is 6.61 Å². The first-order valence-corrected chi connectivity index (χ1v) is 9.47. The molecule has 0 saturated heterocycles. The number of hydrogen-bond acceptors (Lipinski definition) is 4. The zero-order valence-corrected chi connectivity index (χ0v) is 17.0. The van der Waals surface area contributed by atoms with Gasteiger partial charge in [0, 0.05) is 22.4 Å². The van der Waals surface area contributed by atoms with Gasteiger partial charge < -0.3 is 4.74 Å². The first kappa shape index (κ1) is 20.4. The van der Waals surface area contributed by atoms with Crippen molar-refractivity contribution in [2.45, 2.75) is 27.0 Å². The van der Waals surface area contributed by atoms with E-state index in [-0.39, 0.29) is 6.61 Å². The van der Waals surface area contributed by atoms with Crippen LogP contribution in [0.25, 0.3) is 6.08 Å². The molecule has 0 aliphatic rings. The molecule has 0 radical (unpaired) electrons. The van der Waals surface area contributed by atoms with Crippen molar-refractivity contribution in [1.82, 2.24) is 9.78 Å². The quantitative estimate of drug-likeness (QED) is 0.435. The second-order valence-electron chi connectivity index (χ2n) is 6.59. The van der Waals surface area contributed by atoms with Gasteiger partial charge in [-0.05, 0) is 49.2 Å². The minimum atomic E-state index is -0.454. The molecule has 0 amide bonds. The smallest absolute Gasteiger partial charge is 0.331 e. The number of benzene rings is 2. The number of ether oxygens (including phenoxy) is 1. The Morgan fingerprint density at radius 2 is 2.03 bits per heavy atom. The number of carbonyl (C=O) groups is 1. The first-order valence-electron chi connectivity index (χ1n) is 9.09. The SMILES string of the molecule is Cc1nn(Cc2ccccc2Cl)c(C)c1/C=C/C(=O)OCc1cccc(C#N)c1. The molecule has 0 aliphatic heterocycles. The summed E-state index contributed by atoms with van der Waals surface area (Å²) in [6.45, 7) is 4.52. The van der Waals surface area contributed by atoms with Gasteiger partial charge in [0.15, 0.2) is 0 Å². The van der Waals surface area contributed by atoms with E-state index in [0.29, 0.717) is 17.1 Å².